The third-order valence-electron chi connectivity index (χ3n) is 4.61. The topological polar surface area (TPSA) is 12.4 Å². The predicted octanol–water partition coefficient (Wildman–Crippen LogP) is 2.91. The van der Waals surface area contributed by atoms with Gasteiger partial charge >= 0.3 is 0 Å². The van der Waals surface area contributed by atoms with Crippen LogP contribution in [0, 0.1) is 23.7 Å². The number of thiocarbonyl (C=S) groups is 1. The number of rotatable bonds is 1. The molecule has 0 heterocycles. The predicted molar refractivity (Wildman–Crippen MR) is 55.9 cm³/mol. The Labute approximate surface area is 84.6 Å². The molecule has 2 heteroatoms. The summed E-state index contributed by atoms with van der Waals surface area (Å²) in [6, 6.07) is 0.557. The molecule has 0 spiro atoms. The molecule has 0 aromatic carbocycles. The smallest absolute Gasteiger partial charge is 0.0636 e. The quantitative estimate of drug-likeness (QED) is 0.461. The zero-order valence-electron chi connectivity index (χ0n) is 7.78. The van der Waals surface area contributed by atoms with Gasteiger partial charge in [0, 0.05) is 0 Å². The van der Waals surface area contributed by atoms with E-state index in [9.17, 15) is 0 Å². The highest BCUT2D eigenvalue weighted by Crippen LogP contribution is 2.59. The van der Waals surface area contributed by atoms with Crippen LogP contribution in [0.15, 0.2) is 4.99 Å². The molecule has 13 heavy (non-hydrogen) atoms. The fraction of sp³-hybridized carbons (Fsp3) is 0.909. The molecule has 0 aliphatic heterocycles. The fourth-order valence-electron chi connectivity index (χ4n) is 4.25. The minimum absolute atomic E-state index is 0.557. The van der Waals surface area contributed by atoms with Gasteiger partial charge in [-0.1, -0.05) is 6.42 Å². The first-order chi connectivity index (χ1) is 6.40. The summed E-state index contributed by atoms with van der Waals surface area (Å²) < 4.78 is 0. The van der Waals surface area contributed by atoms with Crippen molar-refractivity contribution >= 4 is 17.4 Å². The number of hydrogen-bond donors (Lipinski definition) is 0. The van der Waals surface area contributed by atoms with Gasteiger partial charge < -0.3 is 0 Å². The van der Waals surface area contributed by atoms with E-state index < -0.39 is 0 Å². The molecule has 0 radical (unpaired) electrons. The standard InChI is InChI=1S/C11H15NS/c13-6-12-11-5-7-4-10(11)9-3-1-2-8(7)9/h7-11H,1-5H2/t7-,8+,9+,10-,11+/m1/s1. The molecule has 3 fully saturated rings. The lowest BCUT2D eigenvalue weighted by Gasteiger charge is -2.28. The Morgan fingerprint density at radius 1 is 1.08 bits per heavy atom. The second kappa shape index (κ2) is 2.90. The molecule has 0 amide bonds. The van der Waals surface area contributed by atoms with Crippen molar-refractivity contribution in [2.24, 2.45) is 28.7 Å². The Balaban J connectivity index is 1.85. The van der Waals surface area contributed by atoms with Gasteiger partial charge in [-0.05, 0) is 61.6 Å². The van der Waals surface area contributed by atoms with Gasteiger partial charge in [-0.15, -0.1) is 0 Å². The van der Waals surface area contributed by atoms with E-state index in [1.165, 1.54) is 32.1 Å². The molecule has 3 saturated carbocycles. The van der Waals surface area contributed by atoms with Gasteiger partial charge in [0.2, 0.25) is 0 Å². The van der Waals surface area contributed by atoms with Gasteiger partial charge in [0.1, 0.15) is 0 Å². The van der Waals surface area contributed by atoms with Gasteiger partial charge in [-0.3, -0.25) is 0 Å². The van der Waals surface area contributed by atoms with Crippen LogP contribution >= 0.6 is 12.2 Å². The third-order valence-corrected chi connectivity index (χ3v) is 4.72. The zero-order valence-corrected chi connectivity index (χ0v) is 8.59. The normalized spacial score (nSPS) is 51.8. The summed E-state index contributed by atoms with van der Waals surface area (Å²) in [5.41, 5.74) is 0. The minimum atomic E-state index is 0.557. The molecule has 0 aromatic rings. The van der Waals surface area contributed by atoms with Crippen LogP contribution in [0.25, 0.3) is 0 Å². The van der Waals surface area contributed by atoms with E-state index in [1.807, 2.05) is 0 Å². The van der Waals surface area contributed by atoms with Crippen molar-refractivity contribution < 1.29 is 0 Å². The van der Waals surface area contributed by atoms with Crippen LogP contribution < -0.4 is 0 Å². The molecule has 3 aliphatic rings. The SMILES string of the molecule is S=C=N[C@H]1C[C@H]2C[C@@H]1[C@H]1CCC[C@@H]21. The summed E-state index contributed by atoms with van der Waals surface area (Å²) in [7, 11) is 0. The first-order valence-corrected chi connectivity index (χ1v) is 5.88. The Hall–Kier alpha value is -0.200. The van der Waals surface area contributed by atoms with E-state index in [2.05, 4.69) is 10.2 Å². The highest BCUT2D eigenvalue weighted by molar-refractivity contribution is 7.78. The van der Waals surface area contributed by atoms with Crippen molar-refractivity contribution in [2.75, 3.05) is 0 Å². The maximum absolute atomic E-state index is 4.71. The molecule has 3 rings (SSSR count). The van der Waals surface area contributed by atoms with Gasteiger partial charge in [0.15, 0.2) is 0 Å². The summed E-state index contributed by atoms with van der Waals surface area (Å²) in [4.78, 5) is 4.33. The fourth-order valence-corrected chi connectivity index (χ4v) is 4.38. The van der Waals surface area contributed by atoms with E-state index in [0.29, 0.717) is 6.04 Å². The van der Waals surface area contributed by atoms with Crippen molar-refractivity contribution in [1.29, 1.82) is 0 Å². The lowest BCUT2D eigenvalue weighted by Crippen LogP contribution is -2.26. The third kappa shape index (κ3) is 1.05. The highest BCUT2D eigenvalue weighted by Gasteiger charge is 2.53. The number of aliphatic imine (C=N–C) groups is 1. The average molecular weight is 193 g/mol. The lowest BCUT2D eigenvalue weighted by atomic mass is 9.79. The Morgan fingerprint density at radius 3 is 2.77 bits per heavy atom. The highest BCUT2D eigenvalue weighted by atomic mass is 32.1. The monoisotopic (exact) mass is 193 g/mol. The van der Waals surface area contributed by atoms with E-state index in [0.717, 1.165) is 23.7 Å². The average Bonchev–Trinajstić information content (AvgIpc) is 2.72. The van der Waals surface area contributed by atoms with E-state index in [1.54, 1.807) is 0 Å². The minimum Gasteiger partial charge on any atom is -0.229 e. The summed E-state index contributed by atoms with van der Waals surface area (Å²) in [5.74, 6) is 3.96. The molecule has 0 unspecified atom stereocenters. The lowest BCUT2D eigenvalue weighted by molar-refractivity contribution is 0.235. The van der Waals surface area contributed by atoms with Gasteiger partial charge in [-0.25, -0.2) is 4.99 Å². The van der Waals surface area contributed by atoms with Crippen LogP contribution in [-0.2, 0) is 0 Å². The molecule has 1 nitrogen and oxygen atoms in total. The molecule has 0 aromatic heterocycles. The van der Waals surface area contributed by atoms with Crippen molar-refractivity contribution in [2.45, 2.75) is 38.1 Å². The van der Waals surface area contributed by atoms with Crippen molar-refractivity contribution in [3.05, 3.63) is 0 Å². The maximum atomic E-state index is 4.71. The second-order valence-corrected chi connectivity index (χ2v) is 5.12. The Kier molecular flexibility index (Phi) is 1.81. The van der Waals surface area contributed by atoms with E-state index >= 15 is 0 Å². The van der Waals surface area contributed by atoms with E-state index in [4.69, 9.17) is 12.2 Å². The molecule has 2 bridgehead atoms. The summed E-state index contributed by atoms with van der Waals surface area (Å²) in [5, 5.41) is 2.58. The molecule has 0 N–H and O–H groups in total. The Morgan fingerprint density at radius 2 is 1.92 bits per heavy atom. The molecule has 5 atom stereocenters. The van der Waals surface area contributed by atoms with Gasteiger partial charge in [0.05, 0.1) is 11.2 Å². The number of fused-ring (bicyclic) bond motifs is 5. The summed E-state index contributed by atoms with van der Waals surface area (Å²) in [6.07, 6.45) is 7.20. The largest absolute Gasteiger partial charge is 0.229 e. The van der Waals surface area contributed by atoms with Crippen LogP contribution in [0.2, 0.25) is 0 Å². The van der Waals surface area contributed by atoms with Crippen LogP contribution in [0.1, 0.15) is 32.1 Å². The van der Waals surface area contributed by atoms with Gasteiger partial charge in [0.25, 0.3) is 0 Å². The van der Waals surface area contributed by atoms with Crippen LogP contribution in [-0.4, -0.2) is 11.2 Å². The van der Waals surface area contributed by atoms with Crippen LogP contribution in [0.4, 0.5) is 0 Å². The van der Waals surface area contributed by atoms with Gasteiger partial charge in [-0.2, -0.15) is 0 Å². The number of isothiocyanates is 1. The molecular weight excluding hydrogens is 178 g/mol. The maximum Gasteiger partial charge on any atom is 0.0636 e. The number of nitrogens with zero attached hydrogens (tertiary/aromatic N) is 1. The molecule has 0 saturated heterocycles. The molecular formula is C11H15NS. The van der Waals surface area contributed by atoms with E-state index in [-0.39, 0.29) is 0 Å². The first-order valence-electron chi connectivity index (χ1n) is 5.47. The van der Waals surface area contributed by atoms with Crippen molar-refractivity contribution in [1.82, 2.24) is 0 Å². The van der Waals surface area contributed by atoms with Crippen LogP contribution in [0.5, 0.6) is 0 Å². The summed E-state index contributed by atoms with van der Waals surface area (Å²) >= 11 is 4.71. The molecule has 70 valence electrons. The summed E-state index contributed by atoms with van der Waals surface area (Å²) in [6.45, 7) is 0. The molecule has 3 aliphatic carbocycles. The second-order valence-electron chi connectivity index (χ2n) is 4.94. The van der Waals surface area contributed by atoms with Crippen LogP contribution in [0.3, 0.4) is 0 Å². The van der Waals surface area contributed by atoms with Crippen molar-refractivity contribution in [3.8, 4) is 0 Å². The number of hydrogen-bond acceptors (Lipinski definition) is 2. The Bertz CT molecular complexity index is 269. The zero-order chi connectivity index (χ0) is 8.84. The first kappa shape index (κ1) is 8.14. The van der Waals surface area contributed by atoms with Crippen molar-refractivity contribution in [3.63, 3.8) is 0 Å².